The number of nitrogens with zero attached hydrogens (tertiary/aromatic N) is 2. The highest BCUT2D eigenvalue weighted by molar-refractivity contribution is 7.09. The van der Waals surface area contributed by atoms with E-state index in [2.05, 4.69) is 54.4 Å². The topological polar surface area (TPSA) is 16.1 Å². The van der Waals surface area contributed by atoms with Crippen molar-refractivity contribution in [3.05, 3.63) is 45.8 Å². The highest BCUT2D eigenvalue weighted by atomic mass is 35.5. The highest BCUT2D eigenvalue weighted by Crippen LogP contribution is 2.22. The van der Waals surface area contributed by atoms with Crippen LogP contribution in [0.2, 0.25) is 0 Å². The second kappa shape index (κ2) is 6.40. The van der Waals surface area contributed by atoms with Gasteiger partial charge in [0.05, 0.1) is 0 Å². The van der Waals surface area contributed by atoms with Gasteiger partial charge in [-0.1, -0.05) is 6.07 Å². The summed E-state index contributed by atoms with van der Waals surface area (Å²) in [6.07, 6.45) is 2.91. The van der Waals surface area contributed by atoms with E-state index >= 15 is 0 Å². The monoisotopic (exact) mass is 294 g/mol. The number of alkyl halides is 1. The SMILES string of the molecule is Cc1cc(CCl)cnc1N(C)C(C)Cc1cccs1. The Hall–Kier alpha value is -1.06. The Kier molecular flexibility index (Phi) is 4.83. The van der Waals surface area contributed by atoms with Crippen molar-refractivity contribution in [3.8, 4) is 0 Å². The summed E-state index contributed by atoms with van der Waals surface area (Å²) in [6, 6.07) is 6.83. The van der Waals surface area contributed by atoms with Gasteiger partial charge in [-0.05, 0) is 42.5 Å². The number of anilines is 1. The summed E-state index contributed by atoms with van der Waals surface area (Å²) in [5.41, 5.74) is 2.25. The van der Waals surface area contributed by atoms with Gasteiger partial charge in [0.15, 0.2) is 0 Å². The summed E-state index contributed by atoms with van der Waals surface area (Å²) >= 11 is 7.65. The van der Waals surface area contributed by atoms with E-state index in [1.165, 1.54) is 10.4 Å². The lowest BCUT2D eigenvalue weighted by molar-refractivity contribution is 0.678. The van der Waals surface area contributed by atoms with Crippen molar-refractivity contribution in [2.75, 3.05) is 11.9 Å². The average Bonchev–Trinajstić information content (AvgIpc) is 2.90. The molecule has 0 radical (unpaired) electrons. The van der Waals surface area contributed by atoms with E-state index < -0.39 is 0 Å². The van der Waals surface area contributed by atoms with Crippen LogP contribution >= 0.6 is 22.9 Å². The number of aryl methyl sites for hydroxylation is 1. The van der Waals surface area contributed by atoms with Crippen LogP contribution in [0.1, 0.15) is 22.9 Å². The van der Waals surface area contributed by atoms with Crippen molar-refractivity contribution >= 4 is 28.8 Å². The van der Waals surface area contributed by atoms with Crippen molar-refractivity contribution in [1.82, 2.24) is 4.98 Å². The van der Waals surface area contributed by atoms with Crippen LogP contribution in [0.4, 0.5) is 5.82 Å². The van der Waals surface area contributed by atoms with Crippen molar-refractivity contribution in [2.24, 2.45) is 0 Å². The number of aromatic nitrogens is 1. The minimum absolute atomic E-state index is 0.423. The fourth-order valence-corrected chi connectivity index (χ4v) is 3.11. The summed E-state index contributed by atoms with van der Waals surface area (Å²) < 4.78 is 0. The van der Waals surface area contributed by atoms with Gasteiger partial charge in [0.2, 0.25) is 0 Å². The van der Waals surface area contributed by atoms with E-state index in [9.17, 15) is 0 Å². The van der Waals surface area contributed by atoms with Crippen molar-refractivity contribution in [1.29, 1.82) is 0 Å². The number of thiophene rings is 1. The Morgan fingerprint density at radius 2 is 2.26 bits per heavy atom. The van der Waals surface area contributed by atoms with Gasteiger partial charge >= 0.3 is 0 Å². The molecule has 2 heterocycles. The maximum absolute atomic E-state index is 5.84. The molecule has 0 N–H and O–H groups in total. The zero-order valence-corrected chi connectivity index (χ0v) is 13.1. The van der Waals surface area contributed by atoms with Crippen LogP contribution in [0, 0.1) is 6.92 Å². The molecule has 0 aromatic carbocycles. The van der Waals surface area contributed by atoms with Crippen LogP contribution in [0.15, 0.2) is 29.8 Å². The third-order valence-corrected chi connectivity index (χ3v) is 4.54. The molecule has 0 aliphatic rings. The van der Waals surface area contributed by atoms with Gasteiger partial charge in [-0.25, -0.2) is 4.98 Å². The third kappa shape index (κ3) is 3.48. The minimum atomic E-state index is 0.423. The standard InChI is InChI=1S/C15H19ClN2S/c1-11-7-13(9-16)10-17-15(11)18(3)12(2)8-14-5-4-6-19-14/h4-7,10,12H,8-9H2,1-3H3. The quantitative estimate of drug-likeness (QED) is 0.766. The molecule has 0 saturated carbocycles. The average molecular weight is 295 g/mol. The van der Waals surface area contributed by atoms with Crippen LogP contribution < -0.4 is 4.90 Å². The molecule has 0 bridgehead atoms. The largest absolute Gasteiger partial charge is 0.356 e. The lowest BCUT2D eigenvalue weighted by Gasteiger charge is -2.27. The summed E-state index contributed by atoms with van der Waals surface area (Å²) in [5.74, 6) is 1.56. The molecule has 2 aromatic rings. The predicted molar refractivity (Wildman–Crippen MR) is 84.4 cm³/mol. The molecule has 2 nitrogen and oxygen atoms in total. The number of pyridine rings is 1. The van der Waals surface area contributed by atoms with E-state index in [0.717, 1.165) is 17.8 Å². The molecule has 0 aliphatic heterocycles. The van der Waals surface area contributed by atoms with Gasteiger partial charge in [0, 0.05) is 36.5 Å². The molecule has 0 spiro atoms. The molecule has 19 heavy (non-hydrogen) atoms. The molecular weight excluding hydrogens is 276 g/mol. The maximum Gasteiger partial charge on any atom is 0.131 e. The fraction of sp³-hybridized carbons (Fsp3) is 0.400. The summed E-state index contributed by atoms with van der Waals surface area (Å²) in [7, 11) is 2.11. The predicted octanol–water partition coefficient (Wildman–Crippen LogP) is 4.26. The summed E-state index contributed by atoms with van der Waals surface area (Å²) in [6.45, 7) is 4.32. The second-order valence-electron chi connectivity index (χ2n) is 4.86. The van der Waals surface area contributed by atoms with E-state index in [4.69, 9.17) is 11.6 Å². The van der Waals surface area contributed by atoms with Gasteiger partial charge in [-0.3, -0.25) is 0 Å². The summed E-state index contributed by atoms with van der Waals surface area (Å²) in [4.78, 5) is 8.20. The Morgan fingerprint density at radius 3 is 2.84 bits per heavy atom. The van der Waals surface area contributed by atoms with Crippen molar-refractivity contribution in [2.45, 2.75) is 32.2 Å². The molecular formula is C15H19ClN2S. The Balaban J connectivity index is 2.12. The van der Waals surface area contributed by atoms with Crippen LogP contribution in [0.5, 0.6) is 0 Å². The van der Waals surface area contributed by atoms with E-state index in [-0.39, 0.29) is 0 Å². The number of hydrogen-bond donors (Lipinski definition) is 0. The minimum Gasteiger partial charge on any atom is -0.356 e. The highest BCUT2D eigenvalue weighted by Gasteiger charge is 2.14. The molecule has 1 atom stereocenters. The smallest absolute Gasteiger partial charge is 0.131 e. The molecule has 2 rings (SSSR count). The van der Waals surface area contributed by atoms with E-state index in [1.54, 1.807) is 0 Å². The normalized spacial score (nSPS) is 12.4. The van der Waals surface area contributed by atoms with Crippen molar-refractivity contribution < 1.29 is 0 Å². The lowest BCUT2D eigenvalue weighted by atomic mass is 10.1. The Morgan fingerprint density at radius 1 is 1.47 bits per heavy atom. The zero-order valence-electron chi connectivity index (χ0n) is 11.6. The van der Waals surface area contributed by atoms with Crippen LogP contribution in [-0.4, -0.2) is 18.1 Å². The fourth-order valence-electron chi connectivity index (χ4n) is 2.13. The number of rotatable bonds is 5. The molecule has 102 valence electrons. The van der Waals surface area contributed by atoms with Gasteiger partial charge in [-0.15, -0.1) is 22.9 Å². The first-order chi connectivity index (χ1) is 9.11. The Labute approximate surface area is 124 Å². The van der Waals surface area contributed by atoms with Crippen LogP contribution in [0.3, 0.4) is 0 Å². The van der Waals surface area contributed by atoms with Gasteiger partial charge in [-0.2, -0.15) is 0 Å². The molecule has 2 aromatic heterocycles. The third-order valence-electron chi connectivity index (χ3n) is 3.33. The molecule has 0 aliphatic carbocycles. The van der Waals surface area contributed by atoms with Crippen LogP contribution in [0.25, 0.3) is 0 Å². The Bertz CT molecular complexity index is 525. The van der Waals surface area contributed by atoms with E-state index in [0.29, 0.717) is 11.9 Å². The first-order valence-electron chi connectivity index (χ1n) is 6.38. The number of hydrogen-bond acceptors (Lipinski definition) is 3. The summed E-state index contributed by atoms with van der Waals surface area (Å²) in [5, 5.41) is 2.13. The maximum atomic E-state index is 5.84. The van der Waals surface area contributed by atoms with E-state index in [1.807, 2.05) is 17.5 Å². The van der Waals surface area contributed by atoms with Crippen LogP contribution in [-0.2, 0) is 12.3 Å². The van der Waals surface area contributed by atoms with Gasteiger partial charge < -0.3 is 4.90 Å². The first-order valence-corrected chi connectivity index (χ1v) is 7.80. The first kappa shape index (κ1) is 14.4. The second-order valence-corrected chi connectivity index (χ2v) is 6.16. The molecule has 0 fully saturated rings. The zero-order chi connectivity index (χ0) is 13.8. The van der Waals surface area contributed by atoms with Crippen molar-refractivity contribution in [3.63, 3.8) is 0 Å². The lowest BCUT2D eigenvalue weighted by Crippen LogP contribution is -2.31. The molecule has 4 heteroatoms. The van der Waals surface area contributed by atoms with Gasteiger partial charge in [0.25, 0.3) is 0 Å². The molecule has 0 amide bonds. The number of halogens is 1. The molecule has 1 unspecified atom stereocenters. The van der Waals surface area contributed by atoms with Gasteiger partial charge in [0.1, 0.15) is 5.82 Å². The molecule has 0 saturated heterocycles. The number of likely N-dealkylation sites (N-methyl/N-ethyl adjacent to an activating group) is 1.